The SMILES string of the molecule is O=C(NO)c1cc(F)c2c(c1)CCN(C1CCCCC1)C2. The molecule has 114 valence electrons. The van der Waals surface area contributed by atoms with Crippen LogP contribution in [-0.2, 0) is 13.0 Å². The van der Waals surface area contributed by atoms with E-state index in [9.17, 15) is 9.18 Å². The second kappa shape index (κ2) is 6.12. The molecule has 21 heavy (non-hydrogen) atoms. The fourth-order valence-electron chi connectivity index (χ4n) is 3.59. The van der Waals surface area contributed by atoms with Crippen LogP contribution in [-0.4, -0.2) is 28.6 Å². The van der Waals surface area contributed by atoms with E-state index >= 15 is 0 Å². The molecule has 0 aromatic heterocycles. The van der Waals surface area contributed by atoms with Gasteiger partial charge in [-0.25, -0.2) is 9.87 Å². The number of hydrogen-bond donors (Lipinski definition) is 2. The van der Waals surface area contributed by atoms with Gasteiger partial charge in [-0.15, -0.1) is 0 Å². The Balaban J connectivity index is 1.81. The van der Waals surface area contributed by atoms with E-state index in [1.54, 1.807) is 11.5 Å². The van der Waals surface area contributed by atoms with Gasteiger partial charge < -0.3 is 0 Å². The van der Waals surface area contributed by atoms with Crippen molar-refractivity contribution in [3.8, 4) is 0 Å². The predicted octanol–water partition coefficient (Wildman–Crippen LogP) is 2.64. The Morgan fingerprint density at radius 2 is 2.05 bits per heavy atom. The number of hydrogen-bond acceptors (Lipinski definition) is 3. The van der Waals surface area contributed by atoms with E-state index < -0.39 is 5.91 Å². The Morgan fingerprint density at radius 3 is 2.76 bits per heavy atom. The average Bonchev–Trinajstić information content (AvgIpc) is 2.54. The van der Waals surface area contributed by atoms with Gasteiger partial charge in [0, 0.05) is 30.3 Å². The van der Waals surface area contributed by atoms with Crippen LogP contribution in [0.3, 0.4) is 0 Å². The average molecular weight is 292 g/mol. The van der Waals surface area contributed by atoms with Crippen LogP contribution in [0, 0.1) is 5.82 Å². The first kappa shape index (κ1) is 14.5. The smallest absolute Gasteiger partial charge is 0.274 e. The molecule has 1 amide bonds. The van der Waals surface area contributed by atoms with Gasteiger partial charge in [0.1, 0.15) is 5.82 Å². The second-order valence-electron chi connectivity index (χ2n) is 6.05. The van der Waals surface area contributed by atoms with E-state index in [4.69, 9.17) is 5.21 Å². The maximum Gasteiger partial charge on any atom is 0.274 e. The van der Waals surface area contributed by atoms with Crippen molar-refractivity contribution in [1.29, 1.82) is 0 Å². The van der Waals surface area contributed by atoms with Crippen LogP contribution in [0.5, 0.6) is 0 Å². The number of amides is 1. The summed E-state index contributed by atoms with van der Waals surface area (Å²) < 4.78 is 14.3. The number of hydroxylamine groups is 1. The molecule has 0 bridgehead atoms. The standard InChI is InChI=1S/C16H21FN2O2/c17-15-9-12(16(20)18-21)8-11-6-7-19(10-14(11)15)13-4-2-1-3-5-13/h8-9,13,21H,1-7,10H2,(H,18,20). The number of fused-ring (bicyclic) bond motifs is 1. The van der Waals surface area contributed by atoms with E-state index in [-0.39, 0.29) is 11.4 Å². The summed E-state index contributed by atoms with van der Waals surface area (Å²) in [6, 6.07) is 3.49. The minimum absolute atomic E-state index is 0.180. The molecule has 1 aromatic rings. The molecule has 4 nitrogen and oxygen atoms in total. The van der Waals surface area contributed by atoms with E-state index in [0.717, 1.165) is 18.5 Å². The van der Waals surface area contributed by atoms with E-state index in [0.29, 0.717) is 18.2 Å². The molecule has 2 aliphatic rings. The quantitative estimate of drug-likeness (QED) is 0.651. The zero-order valence-electron chi connectivity index (χ0n) is 12.1. The van der Waals surface area contributed by atoms with Gasteiger partial charge in [-0.3, -0.25) is 14.9 Å². The first-order valence-electron chi connectivity index (χ1n) is 7.69. The Morgan fingerprint density at radius 1 is 1.29 bits per heavy atom. The minimum Gasteiger partial charge on any atom is -0.296 e. The van der Waals surface area contributed by atoms with Gasteiger partial charge in [0.15, 0.2) is 0 Å². The molecule has 1 heterocycles. The number of nitrogens with zero attached hydrogens (tertiary/aromatic N) is 1. The summed E-state index contributed by atoms with van der Waals surface area (Å²) in [6.45, 7) is 1.55. The summed E-state index contributed by atoms with van der Waals surface area (Å²) in [5, 5.41) is 8.67. The molecular weight excluding hydrogens is 271 g/mol. The molecular formula is C16H21FN2O2. The summed E-state index contributed by atoms with van der Waals surface area (Å²) in [6.07, 6.45) is 7.03. The topological polar surface area (TPSA) is 52.6 Å². The first-order chi connectivity index (χ1) is 10.2. The lowest BCUT2D eigenvalue weighted by atomic mass is 9.90. The molecule has 1 aliphatic heterocycles. The summed E-state index contributed by atoms with van der Waals surface area (Å²) in [5.41, 5.74) is 3.34. The normalized spacial score (nSPS) is 20.1. The van der Waals surface area contributed by atoms with Gasteiger partial charge in [0.2, 0.25) is 0 Å². The highest BCUT2D eigenvalue weighted by Crippen LogP contribution is 2.29. The zero-order chi connectivity index (χ0) is 14.8. The summed E-state index contributed by atoms with van der Waals surface area (Å²) >= 11 is 0. The van der Waals surface area contributed by atoms with Crippen molar-refractivity contribution in [2.24, 2.45) is 0 Å². The lowest BCUT2D eigenvalue weighted by Crippen LogP contribution is -2.40. The van der Waals surface area contributed by atoms with Gasteiger partial charge in [-0.2, -0.15) is 0 Å². The second-order valence-corrected chi connectivity index (χ2v) is 6.05. The Kier molecular flexibility index (Phi) is 4.22. The fourth-order valence-corrected chi connectivity index (χ4v) is 3.59. The molecule has 0 saturated heterocycles. The molecule has 2 N–H and O–H groups in total. The van der Waals surface area contributed by atoms with Crippen LogP contribution < -0.4 is 5.48 Å². The zero-order valence-corrected chi connectivity index (χ0v) is 12.1. The number of carbonyl (C=O) groups excluding carboxylic acids is 1. The number of halogens is 1. The van der Waals surface area contributed by atoms with Crippen LogP contribution >= 0.6 is 0 Å². The highest BCUT2D eigenvalue weighted by molar-refractivity contribution is 5.93. The molecule has 0 radical (unpaired) electrons. The molecule has 0 atom stereocenters. The third-order valence-corrected chi connectivity index (χ3v) is 4.77. The van der Waals surface area contributed by atoms with E-state index in [1.165, 1.54) is 38.2 Å². The third kappa shape index (κ3) is 2.94. The van der Waals surface area contributed by atoms with Crippen LogP contribution in [0.15, 0.2) is 12.1 Å². The lowest BCUT2D eigenvalue weighted by molar-refractivity contribution is 0.0705. The maximum atomic E-state index is 14.3. The van der Waals surface area contributed by atoms with Gasteiger partial charge in [-0.1, -0.05) is 19.3 Å². The Labute approximate surface area is 123 Å². The fraction of sp³-hybridized carbons (Fsp3) is 0.562. The Bertz CT molecular complexity index is 541. The molecule has 3 rings (SSSR count). The highest BCUT2D eigenvalue weighted by atomic mass is 19.1. The van der Waals surface area contributed by atoms with Crippen molar-refractivity contribution in [2.75, 3.05) is 6.54 Å². The minimum atomic E-state index is -0.661. The van der Waals surface area contributed by atoms with Crippen molar-refractivity contribution >= 4 is 5.91 Å². The molecule has 1 aromatic carbocycles. The van der Waals surface area contributed by atoms with Crippen LogP contribution in [0.1, 0.15) is 53.6 Å². The largest absolute Gasteiger partial charge is 0.296 e. The summed E-state index contributed by atoms with van der Waals surface area (Å²) in [4.78, 5) is 13.8. The van der Waals surface area contributed by atoms with Gasteiger partial charge in [0.25, 0.3) is 5.91 Å². The third-order valence-electron chi connectivity index (χ3n) is 4.77. The molecule has 1 aliphatic carbocycles. The van der Waals surface area contributed by atoms with Gasteiger partial charge in [0.05, 0.1) is 0 Å². The lowest BCUT2D eigenvalue weighted by Gasteiger charge is -2.37. The molecule has 0 unspecified atom stereocenters. The molecule has 5 heteroatoms. The predicted molar refractivity (Wildman–Crippen MR) is 76.6 cm³/mol. The van der Waals surface area contributed by atoms with Crippen LogP contribution in [0.25, 0.3) is 0 Å². The van der Waals surface area contributed by atoms with Crippen molar-refractivity contribution in [3.05, 3.63) is 34.6 Å². The monoisotopic (exact) mass is 292 g/mol. The summed E-state index contributed by atoms with van der Waals surface area (Å²) in [5.74, 6) is -1.00. The number of carbonyl (C=O) groups is 1. The first-order valence-corrected chi connectivity index (χ1v) is 7.69. The maximum absolute atomic E-state index is 14.3. The highest BCUT2D eigenvalue weighted by Gasteiger charge is 2.27. The molecule has 0 spiro atoms. The number of benzene rings is 1. The van der Waals surface area contributed by atoms with Crippen LogP contribution in [0.2, 0.25) is 0 Å². The molecule has 1 fully saturated rings. The van der Waals surface area contributed by atoms with Crippen molar-refractivity contribution in [3.63, 3.8) is 0 Å². The van der Waals surface area contributed by atoms with E-state index in [1.807, 2.05) is 0 Å². The van der Waals surface area contributed by atoms with Gasteiger partial charge in [-0.05, 0) is 37.0 Å². The van der Waals surface area contributed by atoms with Crippen molar-refractivity contribution in [1.82, 2.24) is 10.4 Å². The van der Waals surface area contributed by atoms with E-state index in [2.05, 4.69) is 4.90 Å². The van der Waals surface area contributed by atoms with Crippen molar-refractivity contribution in [2.45, 2.75) is 51.1 Å². The van der Waals surface area contributed by atoms with Crippen molar-refractivity contribution < 1.29 is 14.4 Å². The van der Waals surface area contributed by atoms with Crippen LogP contribution in [0.4, 0.5) is 4.39 Å². The Hall–Kier alpha value is -1.46. The summed E-state index contributed by atoms with van der Waals surface area (Å²) in [7, 11) is 0. The molecule has 1 saturated carbocycles. The van der Waals surface area contributed by atoms with Gasteiger partial charge >= 0.3 is 0 Å². The number of rotatable bonds is 2. The number of nitrogens with one attached hydrogen (secondary N) is 1.